The van der Waals surface area contributed by atoms with Gasteiger partial charge in [0.2, 0.25) is 5.91 Å². The van der Waals surface area contributed by atoms with E-state index in [1.165, 1.54) is 29.7 Å². The lowest BCUT2D eigenvalue weighted by Crippen LogP contribution is -2.36. The Hall–Kier alpha value is -2.33. The number of nitrogens with one attached hydrogen (secondary N) is 2. The van der Waals surface area contributed by atoms with E-state index in [4.69, 9.17) is 0 Å². The first-order valence-corrected chi connectivity index (χ1v) is 8.90. The van der Waals surface area contributed by atoms with Crippen LogP contribution in [-0.4, -0.2) is 37.5 Å². The van der Waals surface area contributed by atoms with Crippen LogP contribution in [-0.2, 0) is 24.2 Å². The van der Waals surface area contributed by atoms with Gasteiger partial charge in [0.05, 0.1) is 0 Å². The highest BCUT2D eigenvalue weighted by Gasteiger charge is 2.24. The number of rotatable bonds is 1. The Kier molecular flexibility index (Phi) is 5.39. The topological polar surface area (TPSA) is 44.4 Å². The summed E-state index contributed by atoms with van der Waals surface area (Å²) in [6.07, 6.45) is 2.00. The van der Waals surface area contributed by atoms with Crippen molar-refractivity contribution >= 4 is 11.6 Å². The van der Waals surface area contributed by atoms with Gasteiger partial charge in [-0.25, -0.2) is 0 Å². The average Bonchev–Trinajstić information content (AvgIpc) is 3.06. The maximum absolute atomic E-state index is 11.3. The highest BCUT2D eigenvalue weighted by atomic mass is 16.2. The Balaban J connectivity index is 0.000000146. The lowest BCUT2D eigenvalue weighted by Gasteiger charge is -2.24. The fourth-order valence-electron chi connectivity index (χ4n) is 3.45. The first-order chi connectivity index (χ1) is 12.1. The summed E-state index contributed by atoms with van der Waals surface area (Å²) < 4.78 is 0. The van der Waals surface area contributed by atoms with Gasteiger partial charge in [-0.2, -0.15) is 0 Å². The molecule has 1 amide bonds. The van der Waals surface area contributed by atoms with Crippen molar-refractivity contribution in [3.8, 4) is 0 Å². The Morgan fingerprint density at radius 3 is 2.72 bits per heavy atom. The lowest BCUT2D eigenvalue weighted by atomic mass is 9.98. The normalized spacial score (nSPS) is 18.3. The van der Waals surface area contributed by atoms with Crippen LogP contribution in [0, 0.1) is 6.92 Å². The Labute approximate surface area is 150 Å². The Morgan fingerprint density at radius 1 is 1.16 bits per heavy atom. The smallest absolute Gasteiger partial charge is 0.242 e. The van der Waals surface area contributed by atoms with Crippen molar-refractivity contribution in [3.63, 3.8) is 0 Å². The fraction of sp³-hybridized carbons (Fsp3) is 0.381. The van der Waals surface area contributed by atoms with E-state index in [0.717, 1.165) is 18.7 Å². The molecule has 2 aromatic rings. The number of para-hydroxylation sites is 1. The van der Waals surface area contributed by atoms with Gasteiger partial charge in [0.25, 0.3) is 0 Å². The van der Waals surface area contributed by atoms with Gasteiger partial charge in [-0.3, -0.25) is 4.79 Å². The van der Waals surface area contributed by atoms with Crippen LogP contribution in [0.1, 0.15) is 22.3 Å². The Bertz CT molecular complexity index is 732. The van der Waals surface area contributed by atoms with Gasteiger partial charge in [0.1, 0.15) is 6.04 Å². The quantitative estimate of drug-likeness (QED) is 0.841. The summed E-state index contributed by atoms with van der Waals surface area (Å²) in [6, 6.07) is 14.7. The van der Waals surface area contributed by atoms with Gasteiger partial charge >= 0.3 is 0 Å². The molecule has 132 valence electrons. The van der Waals surface area contributed by atoms with Crippen molar-refractivity contribution < 1.29 is 4.79 Å². The minimum Gasteiger partial charge on any atom is -0.373 e. The predicted octanol–water partition coefficient (Wildman–Crippen LogP) is 2.75. The molecule has 4 rings (SSSR count). The van der Waals surface area contributed by atoms with E-state index < -0.39 is 0 Å². The molecule has 0 bridgehead atoms. The summed E-state index contributed by atoms with van der Waals surface area (Å²) in [7, 11) is 3.84. The zero-order chi connectivity index (χ0) is 17.8. The van der Waals surface area contributed by atoms with Crippen LogP contribution >= 0.6 is 0 Å². The zero-order valence-corrected chi connectivity index (χ0v) is 15.3. The van der Waals surface area contributed by atoms with Gasteiger partial charge in [0, 0.05) is 32.2 Å². The van der Waals surface area contributed by atoms with Gasteiger partial charge in [-0.15, -0.1) is 0 Å². The van der Waals surface area contributed by atoms with Gasteiger partial charge in [-0.1, -0.05) is 42.0 Å². The summed E-state index contributed by atoms with van der Waals surface area (Å²) in [6.45, 7) is 4.49. The molecule has 25 heavy (non-hydrogen) atoms. The number of fused-ring (bicyclic) bond motifs is 2. The van der Waals surface area contributed by atoms with E-state index in [1.807, 2.05) is 24.3 Å². The highest BCUT2D eigenvalue weighted by molar-refractivity contribution is 5.87. The van der Waals surface area contributed by atoms with Crippen molar-refractivity contribution in [2.45, 2.75) is 32.4 Å². The molecular weight excluding hydrogens is 310 g/mol. The maximum Gasteiger partial charge on any atom is 0.242 e. The van der Waals surface area contributed by atoms with Crippen LogP contribution in [0.5, 0.6) is 0 Å². The summed E-state index contributed by atoms with van der Waals surface area (Å²) in [5.41, 5.74) is 6.74. The van der Waals surface area contributed by atoms with Crippen molar-refractivity contribution in [1.82, 2.24) is 10.2 Å². The molecule has 0 fully saturated rings. The largest absolute Gasteiger partial charge is 0.373 e. The van der Waals surface area contributed by atoms with Crippen LogP contribution in [0.15, 0.2) is 42.5 Å². The number of carbonyl (C=O) groups excluding carboxylic acids is 1. The van der Waals surface area contributed by atoms with Crippen molar-refractivity contribution in [2.24, 2.45) is 0 Å². The summed E-state index contributed by atoms with van der Waals surface area (Å²) in [5.74, 6) is 0.0520. The molecule has 2 N–H and O–H groups in total. The average molecular weight is 337 g/mol. The van der Waals surface area contributed by atoms with Crippen LogP contribution in [0.25, 0.3) is 0 Å². The number of nitrogens with zero attached hydrogens (tertiary/aromatic N) is 1. The van der Waals surface area contributed by atoms with E-state index in [9.17, 15) is 4.79 Å². The van der Waals surface area contributed by atoms with E-state index in [0.29, 0.717) is 0 Å². The molecule has 0 aromatic heterocycles. The minimum atomic E-state index is -0.0950. The third kappa shape index (κ3) is 4.20. The molecular formula is C21H27N3O. The number of anilines is 1. The number of hydrogen-bond acceptors (Lipinski definition) is 3. The molecule has 0 spiro atoms. The molecule has 1 unspecified atom stereocenters. The lowest BCUT2D eigenvalue weighted by molar-refractivity contribution is -0.121. The van der Waals surface area contributed by atoms with E-state index in [1.54, 1.807) is 12.6 Å². The molecule has 1 atom stereocenters. The monoisotopic (exact) mass is 337 g/mol. The second kappa shape index (κ2) is 7.70. The molecule has 4 heteroatoms. The minimum absolute atomic E-state index is 0.0520. The first-order valence-electron chi connectivity index (χ1n) is 8.90. The highest BCUT2D eigenvalue weighted by Crippen LogP contribution is 2.24. The number of carbonyl (C=O) groups is 1. The molecule has 2 aromatic carbocycles. The number of benzene rings is 2. The standard InChI is InChI=1S/C11H15N.C10H12N2O/c1-9-3-4-11-8-12(2)6-5-10(11)7-9;1-11-10(13)9-6-7-4-2-3-5-8(7)12-9/h3-4,7H,5-6,8H2,1-2H3;2-5,9,12H,6H2,1H3,(H,11,13). The van der Waals surface area contributed by atoms with Crippen molar-refractivity contribution in [1.29, 1.82) is 0 Å². The Morgan fingerprint density at radius 2 is 1.96 bits per heavy atom. The molecule has 0 saturated heterocycles. The molecule has 2 aliphatic heterocycles. The third-order valence-corrected chi connectivity index (χ3v) is 4.90. The van der Waals surface area contributed by atoms with Gasteiger partial charge < -0.3 is 15.5 Å². The number of likely N-dealkylation sites (N-methyl/N-ethyl adjacent to an activating group) is 2. The second-order valence-corrected chi connectivity index (χ2v) is 6.93. The van der Waals surface area contributed by atoms with E-state index in [2.05, 4.69) is 47.7 Å². The molecule has 0 saturated carbocycles. The number of amides is 1. The van der Waals surface area contributed by atoms with Gasteiger partial charge in [-0.05, 0) is 43.1 Å². The molecule has 4 nitrogen and oxygen atoms in total. The molecule has 2 aliphatic rings. The zero-order valence-electron chi connectivity index (χ0n) is 15.3. The van der Waals surface area contributed by atoms with Gasteiger partial charge in [0.15, 0.2) is 0 Å². The molecule has 0 radical (unpaired) electrons. The van der Waals surface area contributed by atoms with Crippen LogP contribution < -0.4 is 10.6 Å². The summed E-state index contributed by atoms with van der Waals surface area (Å²) in [4.78, 5) is 13.7. The van der Waals surface area contributed by atoms with Crippen LogP contribution in [0.4, 0.5) is 5.69 Å². The molecule has 2 heterocycles. The summed E-state index contributed by atoms with van der Waals surface area (Å²) in [5, 5.41) is 5.81. The second-order valence-electron chi connectivity index (χ2n) is 6.93. The number of aryl methyl sites for hydroxylation is 1. The number of hydrogen-bond donors (Lipinski definition) is 2. The van der Waals surface area contributed by atoms with Crippen LogP contribution in [0.2, 0.25) is 0 Å². The summed E-state index contributed by atoms with van der Waals surface area (Å²) >= 11 is 0. The van der Waals surface area contributed by atoms with E-state index >= 15 is 0 Å². The van der Waals surface area contributed by atoms with Crippen molar-refractivity contribution in [3.05, 3.63) is 64.7 Å². The van der Waals surface area contributed by atoms with Crippen molar-refractivity contribution in [2.75, 3.05) is 26.0 Å². The third-order valence-electron chi connectivity index (χ3n) is 4.90. The maximum atomic E-state index is 11.3. The van der Waals surface area contributed by atoms with Crippen LogP contribution in [0.3, 0.4) is 0 Å². The van der Waals surface area contributed by atoms with E-state index in [-0.39, 0.29) is 11.9 Å². The fourth-order valence-corrected chi connectivity index (χ4v) is 3.45. The first kappa shape index (κ1) is 17.5. The SMILES string of the molecule is CNC(=O)C1Cc2ccccc2N1.Cc1ccc2c(c1)CCN(C)C2. The molecule has 0 aliphatic carbocycles. The predicted molar refractivity (Wildman–Crippen MR) is 103 cm³/mol.